The number of amides is 1. The molecule has 0 aliphatic heterocycles. The molecule has 0 unspecified atom stereocenters. The first-order valence-electron chi connectivity index (χ1n) is 9.26. The largest absolute Gasteiger partial charge is 0.493 e. The summed E-state index contributed by atoms with van der Waals surface area (Å²) in [5.74, 6) is 0.841. The van der Waals surface area contributed by atoms with E-state index in [-0.39, 0.29) is 12.5 Å². The number of carbonyl (C=O) groups excluding carboxylic acids is 2. The van der Waals surface area contributed by atoms with E-state index < -0.39 is 5.97 Å². The number of hydrogen-bond acceptors (Lipinski definition) is 6. The van der Waals surface area contributed by atoms with Crippen LogP contribution in [0.3, 0.4) is 0 Å². The molecule has 1 heterocycles. The molecule has 1 amide bonds. The summed E-state index contributed by atoms with van der Waals surface area (Å²) in [4.78, 5) is 28.0. The molecule has 0 bridgehead atoms. The smallest absolute Gasteiger partial charge is 0.343 e. The van der Waals surface area contributed by atoms with Crippen molar-refractivity contribution in [3.63, 3.8) is 0 Å². The summed E-state index contributed by atoms with van der Waals surface area (Å²) in [5, 5.41) is 2.86. The number of nitrogens with zero attached hydrogens (tertiary/aromatic N) is 2. The van der Waals surface area contributed by atoms with Gasteiger partial charge in [0.2, 0.25) is 0 Å². The Morgan fingerprint density at radius 1 is 1.07 bits per heavy atom. The number of aryl methyl sites for hydroxylation is 1. The number of anilines is 1. The van der Waals surface area contributed by atoms with E-state index in [0.717, 1.165) is 11.4 Å². The quantitative estimate of drug-likeness (QED) is 0.575. The van der Waals surface area contributed by atoms with E-state index >= 15 is 0 Å². The maximum Gasteiger partial charge on any atom is 0.343 e. The summed E-state index contributed by atoms with van der Waals surface area (Å²) in [6.07, 6.45) is 3.70. The van der Waals surface area contributed by atoms with E-state index in [0.29, 0.717) is 29.3 Å². The Hall–Kier alpha value is -3.81. The average Bonchev–Trinajstić information content (AvgIpc) is 3.17. The Labute approximate surface area is 174 Å². The van der Waals surface area contributed by atoms with Crippen LogP contribution in [0.2, 0.25) is 0 Å². The number of benzene rings is 2. The van der Waals surface area contributed by atoms with Gasteiger partial charge in [-0.05, 0) is 42.8 Å². The molecule has 30 heavy (non-hydrogen) atoms. The van der Waals surface area contributed by atoms with E-state index in [1.54, 1.807) is 24.4 Å². The highest BCUT2D eigenvalue weighted by Gasteiger charge is 2.13. The molecule has 3 aromatic rings. The van der Waals surface area contributed by atoms with Gasteiger partial charge in [0.25, 0.3) is 5.91 Å². The second-order valence-corrected chi connectivity index (χ2v) is 6.48. The number of esters is 1. The maximum absolute atomic E-state index is 12.6. The topological polar surface area (TPSA) is 91.7 Å². The van der Waals surface area contributed by atoms with Crippen LogP contribution in [0.15, 0.2) is 54.9 Å². The van der Waals surface area contributed by atoms with Gasteiger partial charge in [-0.15, -0.1) is 0 Å². The number of nitrogens with one attached hydrogen (secondary N) is 1. The van der Waals surface area contributed by atoms with Crippen LogP contribution in [0.5, 0.6) is 11.5 Å². The normalized spacial score (nSPS) is 10.4. The van der Waals surface area contributed by atoms with Crippen LogP contribution < -0.4 is 14.8 Å². The first-order chi connectivity index (χ1) is 14.5. The van der Waals surface area contributed by atoms with Crippen molar-refractivity contribution in [3.8, 4) is 11.5 Å². The first kappa shape index (κ1) is 20.9. The predicted octanol–water partition coefficient (Wildman–Crippen LogP) is 3.05. The zero-order valence-corrected chi connectivity index (χ0v) is 17.0. The summed E-state index contributed by atoms with van der Waals surface area (Å²) >= 11 is 0. The molecule has 0 atom stereocenters. The fraction of sp³-hybridized carbons (Fsp3) is 0.227. The zero-order chi connectivity index (χ0) is 21.5. The van der Waals surface area contributed by atoms with E-state index in [1.807, 2.05) is 42.0 Å². The van der Waals surface area contributed by atoms with Crippen LogP contribution >= 0.6 is 0 Å². The summed E-state index contributed by atoms with van der Waals surface area (Å²) in [6.45, 7) is 2.42. The lowest BCUT2D eigenvalue weighted by atomic mass is 10.1. The molecular formula is C22H23N3O5. The molecule has 0 saturated carbocycles. The average molecular weight is 409 g/mol. The van der Waals surface area contributed by atoms with Gasteiger partial charge >= 0.3 is 5.97 Å². The van der Waals surface area contributed by atoms with Gasteiger partial charge in [0.1, 0.15) is 5.82 Å². The molecule has 8 nitrogen and oxygen atoms in total. The molecule has 0 saturated heterocycles. The molecule has 0 radical (unpaired) electrons. The zero-order valence-electron chi connectivity index (χ0n) is 17.0. The molecule has 0 fully saturated rings. The number of rotatable bonds is 8. The number of aromatic nitrogens is 2. The van der Waals surface area contributed by atoms with Crippen molar-refractivity contribution >= 4 is 17.6 Å². The second-order valence-electron chi connectivity index (χ2n) is 6.48. The molecule has 0 aliphatic rings. The monoisotopic (exact) mass is 409 g/mol. The van der Waals surface area contributed by atoms with Gasteiger partial charge in [-0.2, -0.15) is 0 Å². The summed E-state index contributed by atoms with van der Waals surface area (Å²) in [6, 6.07) is 12.3. The van der Waals surface area contributed by atoms with Gasteiger partial charge in [-0.25, -0.2) is 9.78 Å². The van der Waals surface area contributed by atoms with Gasteiger partial charge in [-0.1, -0.05) is 12.1 Å². The minimum absolute atomic E-state index is 0.247. The van der Waals surface area contributed by atoms with E-state index in [9.17, 15) is 9.59 Å². The highest BCUT2D eigenvalue weighted by Crippen LogP contribution is 2.28. The fourth-order valence-electron chi connectivity index (χ4n) is 2.79. The van der Waals surface area contributed by atoms with Crippen LogP contribution in [-0.4, -0.2) is 42.3 Å². The van der Waals surface area contributed by atoms with Crippen LogP contribution in [0, 0.1) is 6.92 Å². The van der Waals surface area contributed by atoms with E-state index in [1.165, 1.54) is 14.2 Å². The summed E-state index contributed by atoms with van der Waals surface area (Å²) in [7, 11) is 2.74. The number of ether oxygens (including phenoxy) is 3. The number of hydrogen-bond donors (Lipinski definition) is 1. The molecule has 156 valence electrons. The molecule has 1 aromatic heterocycles. The van der Waals surface area contributed by atoms with Gasteiger partial charge < -0.3 is 24.1 Å². The second kappa shape index (κ2) is 9.60. The van der Waals surface area contributed by atoms with Crippen LogP contribution in [0.1, 0.15) is 21.7 Å². The van der Waals surface area contributed by atoms with Crippen LogP contribution in [-0.2, 0) is 16.1 Å². The third-order valence-electron chi connectivity index (χ3n) is 4.49. The molecular weight excluding hydrogens is 386 g/mol. The Balaban J connectivity index is 1.65. The minimum atomic E-state index is -0.509. The lowest BCUT2D eigenvalue weighted by Crippen LogP contribution is -2.14. The maximum atomic E-state index is 12.6. The first-order valence-corrected chi connectivity index (χ1v) is 9.26. The van der Waals surface area contributed by atoms with Crippen molar-refractivity contribution in [2.75, 3.05) is 26.1 Å². The Morgan fingerprint density at radius 2 is 1.83 bits per heavy atom. The standard InChI is InChI=1S/C22H23N3O5/c1-15-23-10-11-25(15)13-16-4-7-18(8-5-16)24-22(27)17-6-9-19(20(12-17)28-2)30-14-21(26)29-3/h4-12H,13-14H2,1-3H3,(H,24,27). The van der Waals surface area contributed by atoms with Gasteiger partial charge in [-0.3, -0.25) is 4.79 Å². The highest BCUT2D eigenvalue weighted by atomic mass is 16.6. The number of methoxy groups -OCH3 is 2. The number of carbonyl (C=O) groups is 2. The van der Waals surface area contributed by atoms with Gasteiger partial charge in [0.15, 0.2) is 18.1 Å². The third-order valence-corrected chi connectivity index (χ3v) is 4.49. The molecule has 3 rings (SSSR count). The van der Waals surface area contributed by atoms with Crippen molar-refractivity contribution in [1.82, 2.24) is 9.55 Å². The van der Waals surface area contributed by atoms with Crippen molar-refractivity contribution in [2.24, 2.45) is 0 Å². The fourth-order valence-corrected chi connectivity index (χ4v) is 2.79. The van der Waals surface area contributed by atoms with Crippen molar-refractivity contribution in [1.29, 1.82) is 0 Å². The van der Waals surface area contributed by atoms with E-state index in [2.05, 4.69) is 15.0 Å². The molecule has 1 N–H and O–H groups in total. The van der Waals surface area contributed by atoms with Crippen molar-refractivity contribution in [2.45, 2.75) is 13.5 Å². The lowest BCUT2D eigenvalue weighted by Gasteiger charge is -2.12. The molecule has 2 aromatic carbocycles. The van der Waals surface area contributed by atoms with Crippen LogP contribution in [0.4, 0.5) is 5.69 Å². The Kier molecular flexibility index (Phi) is 6.69. The van der Waals surface area contributed by atoms with E-state index in [4.69, 9.17) is 9.47 Å². The van der Waals surface area contributed by atoms with Gasteiger partial charge in [0, 0.05) is 30.2 Å². The summed E-state index contributed by atoms with van der Waals surface area (Å²) in [5.41, 5.74) is 2.18. The lowest BCUT2D eigenvalue weighted by molar-refractivity contribution is -0.142. The SMILES string of the molecule is COC(=O)COc1ccc(C(=O)Nc2ccc(Cn3ccnc3C)cc2)cc1OC. The van der Waals surface area contributed by atoms with Crippen LogP contribution in [0.25, 0.3) is 0 Å². The van der Waals surface area contributed by atoms with Gasteiger partial charge in [0.05, 0.1) is 14.2 Å². The van der Waals surface area contributed by atoms with Crippen molar-refractivity contribution in [3.05, 3.63) is 71.8 Å². The minimum Gasteiger partial charge on any atom is -0.493 e. The van der Waals surface area contributed by atoms with Crippen molar-refractivity contribution < 1.29 is 23.8 Å². The summed E-state index contributed by atoms with van der Waals surface area (Å²) < 4.78 is 17.2. The molecule has 0 spiro atoms. The molecule has 0 aliphatic carbocycles. The number of imidazole rings is 1. The Bertz CT molecular complexity index is 1030. The third kappa shape index (κ3) is 5.16. The Morgan fingerprint density at radius 3 is 2.47 bits per heavy atom. The highest BCUT2D eigenvalue weighted by molar-refractivity contribution is 6.04. The predicted molar refractivity (Wildman–Crippen MR) is 111 cm³/mol. The molecule has 8 heteroatoms.